The Morgan fingerprint density at radius 2 is 1.94 bits per heavy atom. The molecule has 8 heteroatoms. The van der Waals surface area contributed by atoms with Crippen LogP contribution in [0.4, 0.5) is 5.69 Å². The van der Waals surface area contributed by atoms with Gasteiger partial charge in [-0.3, -0.25) is 19.7 Å². The molecule has 1 saturated carbocycles. The number of rotatable bonds is 7. The topological polar surface area (TPSA) is 114 Å². The third-order valence-electron chi connectivity index (χ3n) is 8.22. The number of carbonyl (C=O) groups is 3. The van der Waals surface area contributed by atoms with E-state index in [-0.39, 0.29) is 24.1 Å². The van der Waals surface area contributed by atoms with E-state index in [2.05, 4.69) is 16.7 Å². The highest BCUT2D eigenvalue weighted by Gasteiger charge is 2.40. The average Bonchev–Trinajstić information content (AvgIpc) is 3.46. The van der Waals surface area contributed by atoms with E-state index in [1.807, 2.05) is 12.1 Å². The lowest BCUT2D eigenvalue weighted by molar-refractivity contribution is -0.136. The van der Waals surface area contributed by atoms with Gasteiger partial charge in [0.1, 0.15) is 6.04 Å². The normalized spacial score (nSPS) is 30.3. The van der Waals surface area contributed by atoms with Gasteiger partial charge in [-0.2, -0.15) is 0 Å². The summed E-state index contributed by atoms with van der Waals surface area (Å²) in [6.07, 6.45) is 8.35. The van der Waals surface area contributed by atoms with Crippen molar-refractivity contribution in [2.24, 2.45) is 17.6 Å². The van der Waals surface area contributed by atoms with Crippen LogP contribution in [0.3, 0.4) is 0 Å². The molecule has 4 N–H and O–H groups in total. The summed E-state index contributed by atoms with van der Waals surface area (Å²) in [6.45, 7) is 2.12. The van der Waals surface area contributed by atoms with Crippen molar-refractivity contribution in [2.45, 2.75) is 82.5 Å². The summed E-state index contributed by atoms with van der Waals surface area (Å²) in [5.74, 6) is 0.414. The average molecular weight is 469 g/mol. The van der Waals surface area contributed by atoms with Crippen molar-refractivity contribution >= 4 is 23.4 Å². The molecule has 3 amide bonds. The highest BCUT2D eigenvalue weighted by atomic mass is 16.5. The summed E-state index contributed by atoms with van der Waals surface area (Å²) >= 11 is 0. The third-order valence-corrected chi connectivity index (χ3v) is 8.22. The van der Waals surface area contributed by atoms with Gasteiger partial charge in [-0.25, -0.2) is 0 Å². The van der Waals surface area contributed by atoms with E-state index in [0.29, 0.717) is 42.4 Å². The van der Waals surface area contributed by atoms with Crippen LogP contribution in [0, 0.1) is 11.8 Å². The number of benzene rings is 1. The molecule has 184 valence electrons. The second-order valence-electron chi connectivity index (χ2n) is 10.5. The Bertz CT molecular complexity index is 937. The van der Waals surface area contributed by atoms with E-state index in [4.69, 9.17) is 10.5 Å². The SMILES string of the molecule is NC1CCC([C@@H](CC[C@@H]2CCOC2)Nc2cccc3c2CN(C2CCC(=O)NC2=O)C3=O)CC1. The summed E-state index contributed by atoms with van der Waals surface area (Å²) in [6, 6.07) is 5.86. The van der Waals surface area contributed by atoms with Crippen LogP contribution in [0.15, 0.2) is 18.2 Å². The molecule has 0 radical (unpaired) electrons. The highest BCUT2D eigenvalue weighted by Crippen LogP contribution is 2.36. The number of fused-ring (bicyclic) bond motifs is 1. The van der Waals surface area contributed by atoms with Crippen LogP contribution in [-0.4, -0.2) is 54.0 Å². The summed E-state index contributed by atoms with van der Waals surface area (Å²) in [4.78, 5) is 38.8. The van der Waals surface area contributed by atoms with Crippen molar-refractivity contribution in [1.82, 2.24) is 10.2 Å². The highest BCUT2D eigenvalue weighted by molar-refractivity contribution is 6.06. The van der Waals surface area contributed by atoms with Crippen LogP contribution >= 0.6 is 0 Å². The lowest BCUT2D eigenvalue weighted by Crippen LogP contribution is -2.52. The molecule has 3 heterocycles. The molecular formula is C26H36N4O4. The zero-order valence-electron chi connectivity index (χ0n) is 19.8. The van der Waals surface area contributed by atoms with Crippen LogP contribution in [0.25, 0.3) is 0 Å². The number of hydrogen-bond acceptors (Lipinski definition) is 6. The van der Waals surface area contributed by atoms with Crippen molar-refractivity contribution in [3.63, 3.8) is 0 Å². The molecule has 2 saturated heterocycles. The summed E-state index contributed by atoms with van der Waals surface area (Å²) < 4.78 is 5.59. The summed E-state index contributed by atoms with van der Waals surface area (Å²) in [5, 5.41) is 6.22. The van der Waals surface area contributed by atoms with Gasteiger partial charge in [-0.05, 0) is 75.3 Å². The predicted molar refractivity (Wildman–Crippen MR) is 128 cm³/mol. The summed E-state index contributed by atoms with van der Waals surface area (Å²) in [7, 11) is 0. The van der Waals surface area contributed by atoms with E-state index in [9.17, 15) is 14.4 Å². The Balaban J connectivity index is 1.33. The quantitative estimate of drug-likeness (QED) is 0.530. The molecule has 3 atom stereocenters. The summed E-state index contributed by atoms with van der Waals surface area (Å²) in [5.41, 5.74) is 8.79. The van der Waals surface area contributed by atoms with Crippen LogP contribution < -0.4 is 16.4 Å². The number of nitrogens with one attached hydrogen (secondary N) is 2. The van der Waals surface area contributed by atoms with Crippen LogP contribution in [0.1, 0.15) is 73.7 Å². The van der Waals surface area contributed by atoms with Crippen molar-refractivity contribution in [2.75, 3.05) is 18.5 Å². The molecule has 0 bridgehead atoms. The molecule has 8 nitrogen and oxygen atoms in total. The first-order chi connectivity index (χ1) is 16.5. The van der Waals surface area contributed by atoms with Gasteiger partial charge < -0.3 is 20.7 Å². The van der Waals surface area contributed by atoms with Crippen LogP contribution in [-0.2, 0) is 20.9 Å². The van der Waals surface area contributed by atoms with Crippen molar-refractivity contribution in [1.29, 1.82) is 0 Å². The first-order valence-corrected chi connectivity index (χ1v) is 12.9. The number of nitrogens with two attached hydrogens (primary N) is 1. The van der Waals surface area contributed by atoms with E-state index in [1.54, 1.807) is 4.90 Å². The fraction of sp³-hybridized carbons (Fsp3) is 0.654. The van der Waals surface area contributed by atoms with E-state index < -0.39 is 6.04 Å². The van der Waals surface area contributed by atoms with Gasteiger partial charge in [-0.15, -0.1) is 0 Å². The number of amides is 3. The zero-order valence-corrected chi connectivity index (χ0v) is 19.8. The van der Waals surface area contributed by atoms with Gasteiger partial charge in [0, 0.05) is 55.1 Å². The predicted octanol–water partition coefficient (Wildman–Crippen LogP) is 2.56. The van der Waals surface area contributed by atoms with Gasteiger partial charge in [-0.1, -0.05) is 6.07 Å². The van der Waals surface area contributed by atoms with Crippen molar-refractivity contribution < 1.29 is 19.1 Å². The Kier molecular flexibility index (Phi) is 6.88. The van der Waals surface area contributed by atoms with Gasteiger partial charge in [0.05, 0.1) is 0 Å². The third kappa shape index (κ3) is 4.84. The van der Waals surface area contributed by atoms with Gasteiger partial charge in [0.25, 0.3) is 5.91 Å². The number of piperidine rings is 1. The number of anilines is 1. The Labute approximate surface area is 201 Å². The van der Waals surface area contributed by atoms with E-state index in [0.717, 1.165) is 69.4 Å². The molecule has 34 heavy (non-hydrogen) atoms. The van der Waals surface area contributed by atoms with Gasteiger partial charge in [0.2, 0.25) is 11.8 Å². The minimum absolute atomic E-state index is 0.128. The van der Waals surface area contributed by atoms with E-state index >= 15 is 0 Å². The maximum atomic E-state index is 13.2. The first kappa shape index (κ1) is 23.3. The standard InChI is InChI=1S/C26H36N4O4/c27-18-7-5-17(6-8-18)21(9-4-16-12-13-34-15-16)28-22-3-1-2-19-20(22)14-30(26(19)33)23-10-11-24(31)29-25(23)32/h1-3,16-18,21,23,28H,4-15,27H2,(H,29,31,32)/t16-,17?,18?,21-,23?/m1/s1. The molecule has 1 aromatic carbocycles. The lowest BCUT2D eigenvalue weighted by atomic mass is 9.79. The minimum Gasteiger partial charge on any atom is -0.382 e. The molecule has 3 fully saturated rings. The smallest absolute Gasteiger partial charge is 0.255 e. The number of carbonyl (C=O) groups excluding carboxylic acids is 3. The minimum atomic E-state index is -0.594. The zero-order chi connectivity index (χ0) is 23.7. The maximum Gasteiger partial charge on any atom is 0.255 e. The monoisotopic (exact) mass is 468 g/mol. The van der Waals surface area contributed by atoms with Crippen molar-refractivity contribution in [3.05, 3.63) is 29.3 Å². The second kappa shape index (κ2) is 10.0. The first-order valence-electron chi connectivity index (χ1n) is 12.9. The number of nitrogens with zero attached hydrogens (tertiary/aromatic N) is 1. The molecule has 1 unspecified atom stereocenters. The van der Waals surface area contributed by atoms with Crippen molar-refractivity contribution in [3.8, 4) is 0 Å². The molecule has 4 aliphatic rings. The van der Waals surface area contributed by atoms with Gasteiger partial charge >= 0.3 is 0 Å². The molecule has 1 aromatic rings. The second-order valence-corrected chi connectivity index (χ2v) is 10.5. The van der Waals surface area contributed by atoms with Gasteiger partial charge in [0.15, 0.2) is 0 Å². The lowest BCUT2D eigenvalue weighted by Gasteiger charge is -2.35. The number of ether oxygens (including phenoxy) is 1. The fourth-order valence-electron chi connectivity index (χ4n) is 6.12. The Morgan fingerprint density at radius 1 is 1.12 bits per heavy atom. The number of imide groups is 1. The molecule has 1 aliphatic carbocycles. The Hall–Kier alpha value is -2.45. The largest absolute Gasteiger partial charge is 0.382 e. The fourth-order valence-corrected chi connectivity index (χ4v) is 6.12. The van der Waals surface area contributed by atoms with E-state index in [1.165, 1.54) is 0 Å². The number of hydrogen-bond donors (Lipinski definition) is 3. The maximum absolute atomic E-state index is 13.2. The molecule has 0 spiro atoms. The molecular weight excluding hydrogens is 432 g/mol. The Morgan fingerprint density at radius 3 is 2.68 bits per heavy atom. The van der Waals surface area contributed by atoms with Crippen LogP contribution in [0.2, 0.25) is 0 Å². The molecule has 5 rings (SSSR count). The molecule has 0 aromatic heterocycles. The van der Waals surface area contributed by atoms with Crippen LogP contribution in [0.5, 0.6) is 0 Å². The molecule has 3 aliphatic heterocycles.